The Bertz CT molecular complexity index is 838. The van der Waals surface area contributed by atoms with Crippen molar-refractivity contribution in [1.29, 1.82) is 0 Å². The molecule has 0 aliphatic carbocycles. The van der Waals surface area contributed by atoms with Crippen LogP contribution in [0.3, 0.4) is 0 Å². The fourth-order valence-electron chi connectivity index (χ4n) is 3.56. The van der Waals surface area contributed by atoms with E-state index in [0.29, 0.717) is 13.2 Å². The lowest BCUT2D eigenvalue weighted by Crippen LogP contribution is -2.52. The minimum Gasteiger partial charge on any atom is -0.383 e. The number of rotatable bonds is 8. The number of hydrogen-bond donors (Lipinski definition) is 1. The first-order valence-corrected chi connectivity index (χ1v) is 11.5. The Morgan fingerprint density at radius 2 is 1.97 bits per heavy atom. The van der Waals surface area contributed by atoms with E-state index in [1.54, 1.807) is 7.11 Å². The number of aromatic nitrogens is 4. The molecule has 0 radical (unpaired) electrons. The minimum absolute atomic E-state index is 0.628. The average Bonchev–Trinajstić information content (AvgIpc) is 3.35. The molecule has 30 heavy (non-hydrogen) atoms. The maximum Gasteiger partial charge on any atom is 0.205 e. The number of aryl methyl sites for hydroxylation is 2. The van der Waals surface area contributed by atoms with E-state index in [4.69, 9.17) is 9.73 Å². The van der Waals surface area contributed by atoms with Crippen molar-refractivity contribution in [2.24, 2.45) is 4.99 Å². The summed E-state index contributed by atoms with van der Waals surface area (Å²) in [6.45, 7) is 14.9. The van der Waals surface area contributed by atoms with Crippen molar-refractivity contribution < 1.29 is 4.74 Å². The highest BCUT2D eigenvalue weighted by Crippen LogP contribution is 2.20. The topological polar surface area (TPSA) is 83.7 Å². The van der Waals surface area contributed by atoms with Crippen LogP contribution in [0.15, 0.2) is 4.99 Å². The van der Waals surface area contributed by atoms with Crippen LogP contribution in [0.2, 0.25) is 0 Å². The van der Waals surface area contributed by atoms with Crippen LogP contribution in [0.5, 0.6) is 0 Å². The molecule has 0 spiro atoms. The molecule has 9 nitrogen and oxygen atoms in total. The second-order valence-electron chi connectivity index (χ2n) is 7.36. The quantitative estimate of drug-likeness (QED) is 0.501. The van der Waals surface area contributed by atoms with Crippen molar-refractivity contribution in [2.45, 2.75) is 47.2 Å². The Balaban J connectivity index is 1.65. The Morgan fingerprint density at radius 1 is 1.20 bits per heavy atom. The first-order valence-electron chi connectivity index (χ1n) is 10.7. The summed E-state index contributed by atoms with van der Waals surface area (Å²) < 4.78 is 11.6. The van der Waals surface area contributed by atoms with Crippen molar-refractivity contribution >= 4 is 22.6 Å². The summed E-state index contributed by atoms with van der Waals surface area (Å²) in [5.74, 6) is 1.90. The molecule has 1 aliphatic heterocycles. The molecular formula is C20H34N8OS. The summed E-state index contributed by atoms with van der Waals surface area (Å²) in [6.07, 6.45) is 0.884. The highest BCUT2D eigenvalue weighted by molar-refractivity contribution is 7.09. The van der Waals surface area contributed by atoms with Crippen LogP contribution < -0.4 is 10.2 Å². The van der Waals surface area contributed by atoms with Crippen molar-refractivity contribution in [1.82, 2.24) is 29.4 Å². The number of nitrogens with zero attached hydrogens (tertiary/aromatic N) is 7. The Labute approximate surface area is 183 Å². The van der Waals surface area contributed by atoms with E-state index < -0.39 is 0 Å². The number of aliphatic imine (C=N–C) groups is 1. The zero-order chi connectivity index (χ0) is 21.5. The van der Waals surface area contributed by atoms with E-state index in [2.05, 4.69) is 57.3 Å². The second kappa shape index (κ2) is 10.7. The number of nitrogens with one attached hydrogen (secondary N) is 1. The van der Waals surface area contributed by atoms with Crippen LogP contribution in [0, 0.1) is 13.8 Å². The summed E-state index contributed by atoms with van der Waals surface area (Å²) in [5, 5.41) is 9.14. The Hall–Kier alpha value is -2.20. The monoisotopic (exact) mass is 434 g/mol. The number of hydrogen-bond acceptors (Lipinski definition) is 7. The van der Waals surface area contributed by atoms with E-state index in [-0.39, 0.29) is 0 Å². The van der Waals surface area contributed by atoms with Crippen LogP contribution in [0.1, 0.15) is 36.6 Å². The number of guanidine groups is 1. The van der Waals surface area contributed by atoms with Gasteiger partial charge in [0.2, 0.25) is 5.13 Å². The molecule has 0 unspecified atom stereocenters. The molecule has 0 amide bonds. The fraction of sp³-hybridized carbons (Fsp3) is 0.700. The largest absolute Gasteiger partial charge is 0.383 e. The predicted octanol–water partition coefficient (Wildman–Crippen LogP) is 1.85. The third-order valence-electron chi connectivity index (χ3n) is 5.38. The molecular weight excluding hydrogens is 400 g/mol. The molecule has 2 aromatic heterocycles. The van der Waals surface area contributed by atoms with Crippen LogP contribution in [0.4, 0.5) is 5.13 Å². The summed E-state index contributed by atoms with van der Waals surface area (Å²) in [5.41, 5.74) is 3.40. The summed E-state index contributed by atoms with van der Waals surface area (Å²) in [7, 11) is 1.72. The second-order valence-corrected chi connectivity index (χ2v) is 8.09. The van der Waals surface area contributed by atoms with Gasteiger partial charge in [-0.05, 0) is 20.8 Å². The number of methoxy groups -OCH3 is 1. The van der Waals surface area contributed by atoms with Gasteiger partial charge in [0, 0.05) is 69.0 Å². The maximum absolute atomic E-state index is 5.19. The van der Waals surface area contributed by atoms with Crippen LogP contribution >= 0.6 is 11.5 Å². The molecule has 1 aliphatic rings. The Morgan fingerprint density at radius 3 is 2.60 bits per heavy atom. The zero-order valence-electron chi connectivity index (χ0n) is 18.8. The molecule has 2 aromatic rings. The van der Waals surface area contributed by atoms with Gasteiger partial charge in [-0.25, -0.2) is 9.98 Å². The molecule has 0 bridgehead atoms. The fourth-order valence-corrected chi connectivity index (χ4v) is 4.37. The molecule has 3 heterocycles. The third kappa shape index (κ3) is 5.28. The molecule has 3 rings (SSSR count). The highest BCUT2D eigenvalue weighted by Gasteiger charge is 2.22. The van der Waals surface area contributed by atoms with Gasteiger partial charge in [-0.3, -0.25) is 4.68 Å². The summed E-state index contributed by atoms with van der Waals surface area (Å²) >= 11 is 1.50. The van der Waals surface area contributed by atoms with Gasteiger partial charge < -0.3 is 19.9 Å². The third-order valence-corrected chi connectivity index (χ3v) is 6.20. The summed E-state index contributed by atoms with van der Waals surface area (Å²) in [6, 6.07) is 0. The average molecular weight is 435 g/mol. The lowest BCUT2D eigenvalue weighted by atomic mass is 10.2. The van der Waals surface area contributed by atoms with Crippen LogP contribution in [-0.4, -0.2) is 76.4 Å². The normalized spacial score (nSPS) is 15.2. The molecule has 10 heteroatoms. The van der Waals surface area contributed by atoms with E-state index >= 15 is 0 Å². The van der Waals surface area contributed by atoms with Crippen molar-refractivity contribution in [3.63, 3.8) is 0 Å². The number of ether oxygens (including phenoxy) is 1. The van der Waals surface area contributed by atoms with Gasteiger partial charge in [0.25, 0.3) is 0 Å². The Kier molecular flexibility index (Phi) is 8.03. The molecule has 1 N–H and O–H groups in total. The molecule has 0 saturated carbocycles. The molecule has 0 atom stereocenters. The van der Waals surface area contributed by atoms with Crippen molar-refractivity contribution in [3.8, 4) is 0 Å². The molecule has 166 valence electrons. The zero-order valence-corrected chi connectivity index (χ0v) is 19.6. The van der Waals surface area contributed by atoms with Crippen LogP contribution in [0.25, 0.3) is 0 Å². The molecule has 1 saturated heterocycles. The number of anilines is 1. The SMILES string of the molecule is CCNC(=NCc1c(C)nn(CCOC)c1C)N1CCN(c2nc(CC)ns2)CC1. The standard InChI is InChI=1S/C20H34N8OS/c1-6-18-23-20(30-25-18)27-10-8-26(9-11-27)19(21-7-2)22-14-17-15(3)24-28(16(17)4)12-13-29-5/h6-14H2,1-5H3,(H,21,22). The number of piperazine rings is 1. The van der Waals surface area contributed by atoms with Gasteiger partial charge in [0.15, 0.2) is 5.96 Å². The highest BCUT2D eigenvalue weighted by atomic mass is 32.1. The minimum atomic E-state index is 0.628. The van der Waals surface area contributed by atoms with Crippen molar-refractivity contribution in [3.05, 3.63) is 22.8 Å². The van der Waals surface area contributed by atoms with Gasteiger partial charge in [-0.15, -0.1) is 0 Å². The van der Waals surface area contributed by atoms with E-state index in [1.165, 1.54) is 17.1 Å². The van der Waals surface area contributed by atoms with Crippen LogP contribution in [-0.2, 0) is 24.2 Å². The van der Waals surface area contributed by atoms with Crippen molar-refractivity contribution in [2.75, 3.05) is 51.3 Å². The first kappa shape index (κ1) is 22.5. The lowest BCUT2D eigenvalue weighted by Gasteiger charge is -2.36. The van der Waals surface area contributed by atoms with Gasteiger partial charge in [-0.2, -0.15) is 9.47 Å². The van der Waals surface area contributed by atoms with Gasteiger partial charge in [0.05, 0.1) is 25.4 Å². The van der Waals surface area contributed by atoms with Gasteiger partial charge in [-0.1, -0.05) is 6.92 Å². The van der Waals surface area contributed by atoms with Gasteiger partial charge in [0.1, 0.15) is 5.82 Å². The van der Waals surface area contributed by atoms with E-state index in [9.17, 15) is 0 Å². The molecule has 1 fully saturated rings. The lowest BCUT2D eigenvalue weighted by molar-refractivity contribution is 0.182. The molecule has 0 aromatic carbocycles. The first-order chi connectivity index (χ1) is 14.6. The predicted molar refractivity (Wildman–Crippen MR) is 121 cm³/mol. The maximum atomic E-state index is 5.19. The van der Waals surface area contributed by atoms with Gasteiger partial charge >= 0.3 is 0 Å². The smallest absolute Gasteiger partial charge is 0.205 e. The summed E-state index contributed by atoms with van der Waals surface area (Å²) in [4.78, 5) is 14.2. The van der Waals surface area contributed by atoms with E-state index in [0.717, 1.165) is 74.0 Å². The van der Waals surface area contributed by atoms with E-state index in [1.807, 2.05) is 4.68 Å².